The van der Waals surface area contributed by atoms with Crippen molar-refractivity contribution in [1.29, 1.82) is 0 Å². The predicted octanol–water partition coefficient (Wildman–Crippen LogP) is 2.32. The van der Waals surface area contributed by atoms with Crippen molar-refractivity contribution in [1.82, 2.24) is 24.6 Å². The van der Waals surface area contributed by atoms with Gasteiger partial charge in [0, 0.05) is 11.5 Å². The van der Waals surface area contributed by atoms with Crippen LogP contribution in [-0.2, 0) is 31.6 Å². The van der Waals surface area contributed by atoms with Crippen LogP contribution in [0.2, 0.25) is 0 Å². The molecule has 0 radical (unpaired) electrons. The van der Waals surface area contributed by atoms with Gasteiger partial charge in [-0.15, -0.1) is 0 Å². The van der Waals surface area contributed by atoms with E-state index in [4.69, 9.17) is 15.0 Å². The zero-order valence-electron chi connectivity index (χ0n) is 19.6. The molecule has 16 nitrogen and oxygen atoms in total. The zero-order valence-corrected chi connectivity index (χ0v) is 22.3. The molecule has 6 N–H and O–H groups in total. The number of anilines is 1. The number of fused-ring (bicyclic) bond motifs is 1. The molecule has 1 aliphatic rings. The molecular formula is C16H29N6O10P3. The van der Waals surface area contributed by atoms with Crippen LogP contribution in [0.5, 0.6) is 0 Å². The maximum atomic E-state index is 12.3. The van der Waals surface area contributed by atoms with E-state index in [9.17, 15) is 28.4 Å². The number of rotatable bonds is 9. The summed E-state index contributed by atoms with van der Waals surface area (Å²) in [6.07, 6.45) is 1.47. The predicted molar refractivity (Wildman–Crippen MR) is 122 cm³/mol. The first-order valence-corrected chi connectivity index (χ1v) is 14.9. The Labute approximate surface area is 201 Å². The lowest BCUT2D eigenvalue weighted by Gasteiger charge is -2.25. The first kappa shape index (κ1) is 28.3. The van der Waals surface area contributed by atoms with Crippen LogP contribution in [-0.4, -0.2) is 52.4 Å². The Morgan fingerprint density at radius 2 is 1.74 bits per heavy atom. The van der Waals surface area contributed by atoms with Gasteiger partial charge in [-0.2, -0.15) is 8.62 Å². The van der Waals surface area contributed by atoms with Crippen molar-refractivity contribution in [2.75, 3.05) is 12.3 Å². The quantitative estimate of drug-likeness (QED) is 0.278. The molecule has 19 heteroatoms. The van der Waals surface area contributed by atoms with Crippen molar-refractivity contribution in [3.05, 3.63) is 12.7 Å². The van der Waals surface area contributed by atoms with E-state index >= 15 is 0 Å². The van der Waals surface area contributed by atoms with Crippen molar-refractivity contribution < 1.29 is 46.3 Å². The molecule has 0 aliphatic carbocycles. The number of nitrogens with one attached hydrogen (secondary N) is 1. The van der Waals surface area contributed by atoms with Crippen molar-refractivity contribution >= 4 is 40.4 Å². The lowest BCUT2D eigenvalue weighted by Crippen LogP contribution is -2.33. The smallest absolute Gasteiger partial charge is 0.382 e. The van der Waals surface area contributed by atoms with Gasteiger partial charge in [-0.3, -0.25) is 9.09 Å². The number of imidazole rings is 1. The molecule has 4 unspecified atom stereocenters. The molecule has 0 spiro atoms. The van der Waals surface area contributed by atoms with Crippen LogP contribution >= 0.6 is 23.4 Å². The molecule has 35 heavy (non-hydrogen) atoms. The first-order chi connectivity index (χ1) is 15.9. The molecule has 2 aromatic heterocycles. The van der Waals surface area contributed by atoms with E-state index < -0.39 is 47.9 Å². The molecule has 1 aliphatic heterocycles. The minimum atomic E-state index is -5.49. The van der Waals surface area contributed by atoms with Crippen LogP contribution in [0, 0.1) is 11.8 Å². The van der Waals surface area contributed by atoms with Crippen LogP contribution in [0.3, 0.4) is 0 Å². The van der Waals surface area contributed by atoms with Crippen molar-refractivity contribution in [2.24, 2.45) is 11.8 Å². The summed E-state index contributed by atoms with van der Waals surface area (Å²) in [5.74, 6) is -0.138. The highest BCUT2D eigenvalue weighted by Crippen LogP contribution is 2.66. The molecule has 0 amide bonds. The van der Waals surface area contributed by atoms with Gasteiger partial charge in [-0.25, -0.2) is 33.7 Å². The molecule has 1 saturated heterocycles. The number of nitrogen functional groups attached to an aromatic ring is 1. The van der Waals surface area contributed by atoms with E-state index in [2.05, 4.69) is 28.7 Å². The highest BCUT2D eigenvalue weighted by molar-refractivity contribution is 7.67. The van der Waals surface area contributed by atoms with Gasteiger partial charge < -0.3 is 25.2 Å². The van der Waals surface area contributed by atoms with Crippen LogP contribution in [0.25, 0.3) is 11.2 Å². The summed E-state index contributed by atoms with van der Waals surface area (Å²) >= 11 is 0. The Morgan fingerprint density at radius 1 is 1.09 bits per heavy atom. The van der Waals surface area contributed by atoms with Crippen molar-refractivity contribution in [3.63, 3.8) is 0 Å². The number of phosphoric acid groups is 2. The topological polar surface area (TPSA) is 230 Å². The Balaban J connectivity index is 1.65. The fraction of sp³-hybridized carbons (Fsp3) is 0.688. The van der Waals surface area contributed by atoms with Gasteiger partial charge >= 0.3 is 23.4 Å². The number of ether oxygens (including phenoxy) is 1. The lowest BCUT2D eigenvalue weighted by atomic mass is 9.93. The molecular weight excluding hydrogens is 529 g/mol. The second-order valence-corrected chi connectivity index (χ2v) is 13.8. The SMILES string of the molecule is CC1[C@@H](C)[C@@H](COP(=O)(O)OP(=O)(O)OP(=O)(O)NC(C)(C)C)O[C@H]1n1cnc2c(N)ncnc21. The summed E-state index contributed by atoms with van der Waals surface area (Å²) in [4.78, 5) is 41.6. The molecule has 3 heterocycles. The number of nitrogens with two attached hydrogens (primary N) is 1. The van der Waals surface area contributed by atoms with Crippen molar-refractivity contribution in [2.45, 2.75) is 52.5 Å². The molecule has 3 rings (SSSR count). The number of hydrogen-bond donors (Lipinski definition) is 5. The van der Waals surface area contributed by atoms with Gasteiger partial charge in [0.2, 0.25) is 0 Å². The Bertz CT molecular complexity index is 1220. The lowest BCUT2D eigenvalue weighted by molar-refractivity contribution is -0.0331. The van der Waals surface area contributed by atoms with Gasteiger partial charge in [0.05, 0.1) is 19.0 Å². The molecule has 1 fully saturated rings. The standard InChI is InChI=1S/C16H29N6O10P3/c1-9-10(2)15(22-8-20-12-13(17)18-7-19-14(12)22)30-11(9)6-29-34(25,26)32-35(27,28)31-33(23,24)21-16(3,4)5/h7-11,15H,6H2,1-5H3,(H,25,26)(H,27,28)(H2,17,18,19)(H2,21,23,24)/t9-,10?,11-,15-/m1/s1. The number of aromatic nitrogens is 4. The molecule has 198 valence electrons. The van der Waals surface area contributed by atoms with E-state index in [1.54, 1.807) is 4.57 Å². The summed E-state index contributed by atoms with van der Waals surface area (Å²) < 4.78 is 57.2. The fourth-order valence-electron chi connectivity index (χ4n) is 3.51. The van der Waals surface area contributed by atoms with Crippen LogP contribution < -0.4 is 10.8 Å². The second kappa shape index (κ2) is 9.88. The third-order valence-corrected chi connectivity index (χ3v) is 9.93. The fourth-order valence-corrected chi connectivity index (χ4v) is 7.60. The third-order valence-electron chi connectivity index (χ3n) is 5.14. The molecule has 7 atom stereocenters. The maximum Gasteiger partial charge on any atom is 0.489 e. The van der Waals surface area contributed by atoms with E-state index in [1.807, 2.05) is 13.8 Å². The third kappa shape index (κ3) is 7.15. The van der Waals surface area contributed by atoms with Gasteiger partial charge in [-0.05, 0) is 26.7 Å². The highest BCUT2D eigenvalue weighted by Gasteiger charge is 2.45. The van der Waals surface area contributed by atoms with Gasteiger partial charge in [0.15, 0.2) is 11.5 Å². The molecule has 2 aromatic rings. The summed E-state index contributed by atoms with van der Waals surface area (Å²) in [6, 6.07) is 0. The summed E-state index contributed by atoms with van der Waals surface area (Å²) in [5.41, 5.74) is 5.67. The monoisotopic (exact) mass is 558 g/mol. The minimum Gasteiger partial charge on any atom is -0.382 e. The zero-order chi connectivity index (χ0) is 26.4. The summed E-state index contributed by atoms with van der Waals surface area (Å²) in [5, 5.41) is 2.08. The molecule has 0 bridgehead atoms. The second-order valence-electron chi connectivity index (χ2n) is 9.14. The maximum absolute atomic E-state index is 12.3. The van der Waals surface area contributed by atoms with Gasteiger partial charge in [0.1, 0.15) is 18.1 Å². The number of phosphoric ester groups is 1. The van der Waals surface area contributed by atoms with E-state index in [-0.39, 0.29) is 17.7 Å². The van der Waals surface area contributed by atoms with Crippen LogP contribution in [0.1, 0.15) is 40.8 Å². The Morgan fingerprint density at radius 3 is 2.37 bits per heavy atom. The largest absolute Gasteiger partial charge is 0.489 e. The minimum absolute atomic E-state index is 0.132. The normalized spacial score (nSPS) is 28.5. The van der Waals surface area contributed by atoms with Crippen molar-refractivity contribution in [3.8, 4) is 0 Å². The Hall–Kier alpha value is -1.28. The first-order valence-electron chi connectivity index (χ1n) is 10.3. The average molecular weight is 558 g/mol. The average Bonchev–Trinajstić information content (AvgIpc) is 3.19. The number of nitrogens with zero attached hydrogens (tertiary/aromatic N) is 4. The number of hydrogen-bond acceptors (Lipinski definition) is 11. The summed E-state index contributed by atoms with van der Waals surface area (Å²) in [7, 11) is -15.6. The van der Waals surface area contributed by atoms with E-state index in [0.717, 1.165) is 0 Å². The van der Waals surface area contributed by atoms with Gasteiger partial charge in [-0.1, -0.05) is 13.8 Å². The van der Waals surface area contributed by atoms with E-state index in [0.29, 0.717) is 11.2 Å². The van der Waals surface area contributed by atoms with Crippen LogP contribution in [0.4, 0.5) is 5.82 Å². The summed E-state index contributed by atoms with van der Waals surface area (Å²) in [6.45, 7) is 7.69. The molecule has 0 saturated carbocycles. The highest BCUT2D eigenvalue weighted by atomic mass is 31.3. The van der Waals surface area contributed by atoms with Gasteiger partial charge in [0.25, 0.3) is 0 Å². The Kier molecular flexibility index (Phi) is 7.99. The van der Waals surface area contributed by atoms with E-state index in [1.165, 1.54) is 33.4 Å². The van der Waals surface area contributed by atoms with Crippen LogP contribution in [0.15, 0.2) is 12.7 Å². The molecule has 0 aromatic carbocycles.